The molecule has 7 heteroatoms. The fraction of sp³-hybridized carbons (Fsp3) is 0.500. The Labute approximate surface area is 208 Å². The number of carbonyl (C=O) groups is 2. The topological polar surface area (TPSA) is 71.1 Å². The second-order valence-corrected chi connectivity index (χ2v) is 9.99. The van der Waals surface area contributed by atoms with E-state index in [9.17, 15) is 9.59 Å². The van der Waals surface area contributed by atoms with E-state index in [1.807, 2.05) is 6.07 Å². The molecule has 1 N–H and O–H groups in total. The highest BCUT2D eigenvalue weighted by Crippen LogP contribution is 2.32. The van der Waals surface area contributed by atoms with Gasteiger partial charge in [0.2, 0.25) is 5.91 Å². The predicted octanol–water partition coefficient (Wildman–Crippen LogP) is 4.04. The number of nitrogens with zero attached hydrogens (tertiary/aromatic N) is 2. The molecule has 2 amide bonds. The molecule has 3 atom stereocenters. The maximum absolute atomic E-state index is 13.4. The number of likely N-dealkylation sites (N-methyl/N-ethyl adjacent to an activating group) is 1. The molecule has 0 radical (unpaired) electrons. The van der Waals surface area contributed by atoms with Crippen LogP contribution >= 0.6 is 0 Å². The lowest BCUT2D eigenvalue weighted by atomic mass is 10.0. The first-order valence-electron chi connectivity index (χ1n) is 12.5. The van der Waals surface area contributed by atoms with Gasteiger partial charge in [-0.25, -0.2) is 0 Å². The number of ether oxygens (including phenoxy) is 2. The Balaban J connectivity index is 1.62. The summed E-state index contributed by atoms with van der Waals surface area (Å²) in [5.74, 6) is 0.707. The molecule has 7 nitrogen and oxygen atoms in total. The second-order valence-electron chi connectivity index (χ2n) is 9.99. The molecule has 1 aliphatic carbocycles. The van der Waals surface area contributed by atoms with Crippen molar-refractivity contribution in [2.75, 3.05) is 39.2 Å². The van der Waals surface area contributed by atoms with Crippen molar-refractivity contribution in [2.24, 2.45) is 11.8 Å². The van der Waals surface area contributed by atoms with Gasteiger partial charge in [0.15, 0.2) is 0 Å². The van der Waals surface area contributed by atoms with Crippen LogP contribution in [0.5, 0.6) is 5.75 Å². The number of anilines is 1. The molecule has 0 aromatic heterocycles. The summed E-state index contributed by atoms with van der Waals surface area (Å²) in [7, 11) is 3.51. The van der Waals surface area contributed by atoms with E-state index in [-0.39, 0.29) is 35.8 Å². The third-order valence-electron chi connectivity index (χ3n) is 7.02. The van der Waals surface area contributed by atoms with Crippen LogP contribution < -0.4 is 10.1 Å². The zero-order valence-electron chi connectivity index (χ0n) is 21.2. The van der Waals surface area contributed by atoms with Crippen molar-refractivity contribution in [1.29, 1.82) is 0 Å². The van der Waals surface area contributed by atoms with Crippen molar-refractivity contribution in [3.8, 4) is 5.75 Å². The number of fused-ring (bicyclic) bond motifs is 1. The van der Waals surface area contributed by atoms with E-state index in [0.717, 1.165) is 25.9 Å². The summed E-state index contributed by atoms with van der Waals surface area (Å²) in [5, 5.41) is 2.97. The fourth-order valence-corrected chi connectivity index (χ4v) is 4.55. The van der Waals surface area contributed by atoms with E-state index >= 15 is 0 Å². The van der Waals surface area contributed by atoms with Gasteiger partial charge >= 0.3 is 0 Å². The third-order valence-corrected chi connectivity index (χ3v) is 7.02. The number of methoxy groups -OCH3 is 1. The van der Waals surface area contributed by atoms with E-state index in [0.29, 0.717) is 30.2 Å². The van der Waals surface area contributed by atoms with Gasteiger partial charge in [-0.2, -0.15) is 0 Å². The summed E-state index contributed by atoms with van der Waals surface area (Å²) in [5.41, 5.74) is 2.38. The molecular weight excluding hydrogens is 442 g/mol. The quantitative estimate of drug-likeness (QED) is 0.701. The summed E-state index contributed by atoms with van der Waals surface area (Å²) in [6.45, 7) is 6.82. The Hall–Kier alpha value is -2.90. The lowest BCUT2D eigenvalue weighted by Gasteiger charge is -2.36. The van der Waals surface area contributed by atoms with Crippen LogP contribution in [0.2, 0.25) is 0 Å². The highest BCUT2D eigenvalue weighted by atomic mass is 16.5. The number of amides is 2. The maximum atomic E-state index is 13.4. The largest absolute Gasteiger partial charge is 0.491 e. The Morgan fingerprint density at radius 3 is 2.54 bits per heavy atom. The van der Waals surface area contributed by atoms with Crippen LogP contribution in [-0.4, -0.2) is 67.6 Å². The van der Waals surface area contributed by atoms with Gasteiger partial charge in [0.05, 0.1) is 11.7 Å². The first-order valence-corrected chi connectivity index (χ1v) is 12.5. The van der Waals surface area contributed by atoms with E-state index < -0.39 is 0 Å². The molecule has 2 aliphatic rings. The number of carbonyl (C=O) groups excluding carboxylic acids is 2. The lowest BCUT2D eigenvalue weighted by molar-refractivity contribution is -0.117. The molecule has 4 rings (SSSR count). The molecule has 1 fully saturated rings. The van der Waals surface area contributed by atoms with Crippen molar-refractivity contribution in [1.82, 2.24) is 9.80 Å². The van der Waals surface area contributed by atoms with E-state index in [2.05, 4.69) is 48.3 Å². The van der Waals surface area contributed by atoms with Crippen molar-refractivity contribution in [2.45, 2.75) is 45.4 Å². The van der Waals surface area contributed by atoms with E-state index in [4.69, 9.17) is 9.47 Å². The minimum absolute atomic E-state index is 0.0286. The molecule has 1 saturated carbocycles. The van der Waals surface area contributed by atoms with Crippen LogP contribution in [-0.2, 0) is 16.1 Å². The van der Waals surface area contributed by atoms with Gasteiger partial charge in [-0.1, -0.05) is 37.3 Å². The maximum Gasteiger partial charge on any atom is 0.257 e. The van der Waals surface area contributed by atoms with Crippen molar-refractivity contribution in [3.05, 3.63) is 59.7 Å². The van der Waals surface area contributed by atoms with Gasteiger partial charge in [-0.15, -0.1) is 0 Å². The molecule has 0 saturated heterocycles. The first-order chi connectivity index (χ1) is 16.9. The summed E-state index contributed by atoms with van der Waals surface area (Å²) in [4.78, 5) is 29.7. The van der Waals surface area contributed by atoms with Crippen molar-refractivity contribution >= 4 is 17.5 Å². The van der Waals surface area contributed by atoms with Crippen molar-refractivity contribution in [3.63, 3.8) is 0 Å². The summed E-state index contributed by atoms with van der Waals surface area (Å²) in [6.07, 6.45) is 1.77. The molecule has 35 heavy (non-hydrogen) atoms. The minimum Gasteiger partial charge on any atom is -0.491 e. The number of rotatable bonds is 5. The third kappa shape index (κ3) is 6.41. The lowest BCUT2D eigenvalue weighted by Crippen LogP contribution is -2.46. The number of benzene rings is 2. The van der Waals surface area contributed by atoms with E-state index in [1.165, 1.54) is 5.56 Å². The molecule has 2 aromatic carbocycles. The van der Waals surface area contributed by atoms with Crippen LogP contribution in [0, 0.1) is 11.8 Å². The molecule has 2 aromatic rings. The van der Waals surface area contributed by atoms with Gasteiger partial charge in [0, 0.05) is 57.5 Å². The average molecular weight is 480 g/mol. The van der Waals surface area contributed by atoms with Gasteiger partial charge < -0.3 is 19.7 Å². The molecular formula is C28H37N3O4. The van der Waals surface area contributed by atoms with Gasteiger partial charge in [-0.05, 0) is 43.4 Å². The zero-order chi connectivity index (χ0) is 24.9. The molecule has 0 unspecified atom stereocenters. The number of hydrogen-bond acceptors (Lipinski definition) is 5. The molecule has 188 valence electrons. The molecule has 0 spiro atoms. The Morgan fingerprint density at radius 1 is 1.11 bits per heavy atom. The van der Waals surface area contributed by atoms with Crippen molar-refractivity contribution < 1.29 is 19.1 Å². The Morgan fingerprint density at radius 2 is 1.86 bits per heavy atom. The van der Waals surface area contributed by atoms with Crippen LogP contribution in [0.3, 0.4) is 0 Å². The van der Waals surface area contributed by atoms with Crippen LogP contribution in [0.4, 0.5) is 5.69 Å². The van der Waals surface area contributed by atoms with Crippen LogP contribution in [0.1, 0.15) is 42.6 Å². The monoisotopic (exact) mass is 479 g/mol. The average Bonchev–Trinajstić information content (AvgIpc) is 3.71. The summed E-state index contributed by atoms with van der Waals surface area (Å²) >= 11 is 0. The number of nitrogens with one attached hydrogen (secondary N) is 1. The number of hydrogen-bond donors (Lipinski definition) is 1. The second kappa shape index (κ2) is 11.2. The Bertz CT molecular complexity index is 1020. The fourth-order valence-electron chi connectivity index (χ4n) is 4.55. The van der Waals surface area contributed by atoms with Gasteiger partial charge in [0.1, 0.15) is 12.4 Å². The Kier molecular flexibility index (Phi) is 8.08. The van der Waals surface area contributed by atoms with Crippen LogP contribution in [0.15, 0.2) is 48.5 Å². The van der Waals surface area contributed by atoms with Gasteiger partial charge in [-0.3, -0.25) is 14.5 Å². The molecule has 1 heterocycles. The predicted molar refractivity (Wildman–Crippen MR) is 137 cm³/mol. The van der Waals surface area contributed by atoms with E-state index in [1.54, 1.807) is 37.3 Å². The molecule has 1 aliphatic heterocycles. The minimum atomic E-state index is -0.122. The smallest absolute Gasteiger partial charge is 0.257 e. The SMILES string of the molecule is CO[C@H]1CN(C)C(=O)c2ccc(NC(=O)C3CC3)cc2OC[C@@H](C)N(Cc2ccccc2)C[C@H]1C. The standard InChI is InChI=1S/C28H37N3O4/c1-19-15-31(16-21-8-6-5-7-9-21)20(2)18-35-25-14-23(29-27(32)22-10-11-22)12-13-24(25)28(33)30(3)17-26(19)34-4/h5-9,12-14,19-20,22,26H,10-11,15-18H2,1-4H3,(H,29,32)/t19-,20-,26+/m1/s1. The summed E-state index contributed by atoms with van der Waals surface area (Å²) in [6, 6.07) is 15.8. The first kappa shape index (κ1) is 25.2. The van der Waals surface area contributed by atoms with Crippen LogP contribution in [0.25, 0.3) is 0 Å². The normalized spacial score (nSPS) is 24.1. The highest BCUT2D eigenvalue weighted by molar-refractivity contribution is 5.99. The van der Waals surface area contributed by atoms with Gasteiger partial charge in [0.25, 0.3) is 5.91 Å². The molecule has 0 bridgehead atoms. The summed E-state index contributed by atoms with van der Waals surface area (Å²) < 4.78 is 12.1. The zero-order valence-corrected chi connectivity index (χ0v) is 21.2. The highest BCUT2D eigenvalue weighted by Gasteiger charge is 2.31.